The number of carbonyl (C=O) groups excluding carboxylic acids is 1. The Bertz CT molecular complexity index is 768. The summed E-state index contributed by atoms with van der Waals surface area (Å²) in [5.74, 6) is 3.12. The molecule has 1 amide bonds. The topological polar surface area (TPSA) is 62.5 Å². The van der Waals surface area contributed by atoms with Crippen LogP contribution >= 0.6 is 0 Å². The fourth-order valence-electron chi connectivity index (χ4n) is 4.45. The van der Waals surface area contributed by atoms with Crippen molar-refractivity contribution in [2.24, 2.45) is 5.92 Å². The molecule has 0 N–H and O–H groups in total. The molecule has 1 atom stereocenters. The second-order valence-corrected chi connectivity index (χ2v) is 7.86. The second kappa shape index (κ2) is 8.76. The molecule has 4 heterocycles. The van der Waals surface area contributed by atoms with Crippen LogP contribution < -0.4 is 4.90 Å². The minimum absolute atomic E-state index is 0.0844. The minimum Gasteiger partial charge on any atom is -0.464 e. The number of nitrogens with zero attached hydrogens (tertiary/aromatic N) is 4. The highest BCUT2D eigenvalue weighted by Gasteiger charge is 2.35. The van der Waals surface area contributed by atoms with Gasteiger partial charge in [-0.05, 0) is 43.9 Å². The van der Waals surface area contributed by atoms with Gasteiger partial charge >= 0.3 is 0 Å². The third-order valence-electron chi connectivity index (χ3n) is 6.07. The first-order valence-corrected chi connectivity index (χ1v) is 10.7. The SMILES string of the molecule is CCc1ccc(C2CCCCCN2C(=O)C2CCN(c3ncccn3)CC2)o1. The minimum atomic E-state index is 0.0844. The summed E-state index contributed by atoms with van der Waals surface area (Å²) in [5.41, 5.74) is 0. The molecule has 0 aromatic carbocycles. The average molecular weight is 383 g/mol. The Morgan fingerprint density at radius 1 is 1.07 bits per heavy atom. The van der Waals surface area contributed by atoms with Crippen LogP contribution in [0, 0.1) is 5.92 Å². The van der Waals surface area contributed by atoms with E-state index in [1.807, 2.05) is 6.07 Å². The van der Waals surface area contributed by atoms with Crippen molar-refractivity contribution in [3.8, 4) is 0 Å². The first-order valence-electron chi connectivity index (χ1n) is 10.7. The monoisotopic (exact) mass is 382 g/mol. The zero-order valence-corrected chi connectivity index (χ0v) is 16.7. The Morgan fingerprint density at radius 2 is 1.86 bits per heavy atom. The molecule has 1 unspecified atom stereocenters. The zero-order valence-electron chi connectivity index (χ0n) is 16.7. The summed E-state index contributed by atoms with van der Waals surface area (Å²) in [5, 5.41) is 0. The van der Waals surface area contributed by atoms with Crippen LogP contribution in [0.25, 0.3) is 0 Å². The van der Waals surface area contributed by atoms with Gasteiger partial charge in [-0.15, -0.1) is 0 Å². The van der Waals surface area contributed by atoms with Gasteiger partial charge in [-0.25, -0.2) is 9.97 Å². The molecular formula is C22H30N4O2. The van der Waals surface area contributed by atoms with E-state index in [1.54, 1.807) is 12.4 Å². The van der Waals surface area contributed by atoms with Crippen molar-refractivity contribution in [2.45, 2.75) is 57.9 Å². The van der Waals surface area contributed by atoms with Gasteiger partial charge in [0.15, 0.2) is 0 Å². The van der Waals surface area contributed by atoms with Crippen molar-refractivity contribution >= 4 is 11.9 Å². The molecule has 28 heavy (non-hydrogen) atoms. The Morgan fingerprint density at radius 3 is 2.57 bits per heavy atom. The van der Waals surface area contributed by atoms with Gasteiger partial charge in [-0.2, -0.15) is 0 Å². The van der Waals surface area contributed by atoms with Crippen molar-refractivity contribution < 1.29 is 9.21 Å². The van der Waals surface area contributed by atoms with Crippen LogP contribution in [0.5, 0.6) is 0 Å². The number of amides is 1. The summed E-state index contributed by atoms with van der Waals surface area (Å²) in [4.78, 5) is 26.4. The molecule has 0 spiro atoms. The molecule has 0 aliphatic carbocycles. The molecule has 2 aliphatic rings. The fourth-order valence-corrected chi connectivity index (χ4v) is 4.45. The number of rotatable bonds is 4. The summed E-state index contributed by atoms with van der Waals surface area (Å²) < 4.78 is 6.05. The smallest absolute Gasteiger partial charge is 0.226 e. The molecule has 150 valence electrons. The van der Waals surface area contributed by atoms with E-state index in [0.29, 0.717) is 5.91 Å². The summed E-state index contributed by atoms with van der Waals surface area (Å²) in [7, 11) is 0. The normalized spacial score (nSPS) is 21.5. The maximum absolute atomic E-state index is 13.4. The van der Waals surface area contributed by atoms with E-state index in [1.165, 1.54) is 6.42 Å². The first-order chi connectivity index (χ1) is 13.8. The zero-order chi connectivity index (χ0) is 19.3. The van der Waals surface area contributed by atoms with Gasteiger partial charge in [-0.1, -0.05) is 19.8 Å². The Labute approximate surface area is 167 Å². The van der Waals surface area contributed by atoms with Crippen molar-refractivity contribution in [3.05, 3.63) is 42.1 Å². The molecule has 2 aromatic rings. The number of furan rings is 1. The van der Waals surface area contributed by atoms with E-state index < -0.39 is 0 Å². The molecule has 2 aromatic heterocycles. The first kappa shape index (κ1) is 19.0. The highest BCUT2D eigenvalue weighted by molar-refractivity contribution is 5.79. The number of hydrogen-bond donors (Lipinski definition) is 0. The summed E-state index contributed by atoms with van der Waals surface area (Å²) in [6.45, 7) is 4.61. The number of piperidine rings is 1. The van der Waals surface area contributed by atoms with Crippen LogP contribution in [0.15, 0.2) is 35.0 Å². The molecule has 2 saturated heterocycles. The molecular weight excluding hydrogens is 352 g/mol. The average Bonchev–Trinajstić information content (AvgIpc) is 3.10. The number of aromatic nitrogens is 2. The van der Waals surface area contributed by atoms with E-state index in [9.17, 15) is 4.79 Å². The van der Waals surface area contributed by atoms with Crippen molar-refractivity contribution in [3.63, 3.8) is 0 Å². The largest absolute Gasteiger partial charge is 0.464 e. The lowest BCUT2D eigenvalue weighted by atomic mass is 9.94. The van der Waals surface area contributed by atoms with E-state index >= 15 is 0 Å². The highest BCUT2D eigenvalue weighted by atomic mass is 16.3. The van der Waals surface area contributed by atoms with Gasteiger partial charge in [0.2, 0.25) is 11.9 Å². The molecule has 0 radical (unpaired) electrons. The molecule has 0 bridgehead atoms. The predicted molar refractivity (Wildman–Crippen MR) is 108 cm³/mol. The van der Waals surface area contributed by atoms with E-state index in [2.05, 4.69) is 38.8 Å². The van der Waals surface area contributed by atoms with Crippen LogP contribution in [0.3, 0.4) is 0 Å². The van der Waals surface area contributed by atoms with Gasteiger partial charge in [-0.3, -0.25) is 4.79 Å². The maximum Gasteiger partial charge on any atom is 0.226 e. The predicted octanol–water partition coefficient (Wildman–Crippen LogP) is 3.99. The molecule has 2 aliphatic heterocycles. The van der Waals surface area contributed by atoms with E-state index in [4.69, 9.17) is 4.42 Å². The van der Waals surface area contributed by atoms with Gasteiger partial charge < -0.3 is 14.2 Å². The maximum atomic E-state index is 13.4. The quantitative estimate of drug-likeness (QED) is 0.800. The number of carbonyl (C=O) groups is 1. The van der Waals surface area contributed by atoms with Crippen molar-refractivity contribution in [1.82, 2.24) is 14.9 Å². The second-order valence-electron chi connectivity index (χ2n) is 7.86. The molecule has 0 saturated carbocycles. The number of anilines is 1. The van der Waals surface area contributed by atoms with Crippen LogP contribution in [0.4, 0.5) is 5.95 Å². The summed E-state index contributed by atoms with van der Waals surface area (Å²) in [6, 6.07) is 6.05. The van der Waals surface area contributed by atoms with Crippen LogP contribution in [0.2, 0.25) is 0 Å². The van der Waals surface area contributed by atoms with Crippen molar-refractivity contribution in [1.29, 1.82) is 0 Å². The molecule has 6 nitrogen and oxygen atoms in total. The fraction of sp³-hybridized carbons (Fsp3) is 0.591. The van der Waals surface area contributed by atoms with Gasteiger partial charge in [0, 0.05) is 44.4 Å². The van der Waals surface area contributed by atoms with Crippen LogP contribution in [-0.4, -0.2) is 40.4 Å². The van der Waals surface area contributed by atoms with Crippen LogP contribution in [-0.2, 0) is 11.2 Å². The molecule has 2 fully saturated rings. The third kappa shape index (κ3) is 4.05. The summed E-state index contributed by atoms with van der Waals surface area (Å²) >= 11 is 0. The third-order valence-corrected chi connectivity index (χ3v) is 6.07. The Kier molecular flexibility index (Phi) is 5.93. The highest BCUT2D eigenvalue weighted by Crippen LogP contribution is 2.34. The van der Waals surface area contributed by atoms with Gasteiger partial charge in [0.1, 0.15) is 11.5 Å². The van der Waals surface area contributed by atoms with E-state index in [0.717, 1.165) is 75.6 Å². The lowest BCUT2D eigenvalue weighted by Crippen LogP contribution is -2.44. The standard InChI is InChI=1S/C22H30N4O2/c1-2-18-8-9-20(28-18)19-7-4-3-5-14-26(19)21(27)17-10-15-25(16-11-17)22-23-12-6-13-24-22/h6,8-9,12-13,17,19H,2-5,7,10-11,14-16H2,1H3. The van der Waals surface area contributed by atoms with Crippen molar-refractivity contribution in [2.75, 3.05) is 24.5 Å². The Balaban J connectivity index is 1.44. The number of aryl methyl sites for hydroxylation is 1. The van der Waals surface area contributed by atoms with Crippen LogP contribution in [0.1, 0.15) is 63.0 Å². The Hall–Kier alpha value is -2.37. The lowest BCUT2D eigenvalue weighted by Gasteiger charge is -2.36. The van der Waals surface area contributed by atoms with Gasteiger partial charge in [0.05, 0.1) is 6.04 Å². The molecule has 6 heteroatoms. The summed E-state index contributed by atoms with van der Waals surface area (Å²) in [6.07, 6.45) is 10.6. The number of hydrogen-bond acceptors (Lipinski definition) is 5. The number of likely N-dealkylation sites (tertiary alicyclic amines) is 1. The lowest BCUT2D eigenvalue weighted by molar-refractivity contribution is -0.139. The van der Waals surface area contributed by atoms with Gasteiger partial charge in [0.25, 0.3) is 0 Å². The van der Waals surface area contributed by atoms with E-state index in [-0.39, 0.29) is 12.0 Å². The molecule has 4 rings (SSSR count).